The second-order valence-electron chi connectivity index (χ2n) is 12.9. The van der Waals surface area contributed by atoms with Crippen LogP contribution in [0.5, 0.6) is 0 Å². The van der Waals surface area contributed by atoms with Gasteiger partial charge in [-0.15, -0.1) is 0 Å². The molecule has 0 aliphatic carbocycles. The van der Waals surface area contributed by atoms with Crippen LogP contribution in [0.1, 0.15) is 89.0 Å². The zero-order chi connectivity index (χ0) is 27.0. The van der Waals surface area contributed by atoms with Crippen molar-refractivity contribution in [2.45, 2.75) is 92.5 Å². The van der Waals surface area contributed by atoms with Gasteiger partial charge < -0.3 is 0 Å². The van der Waals surface area contributed by atoms with Gasteiger partial charge in [0.25, 0.3) is 5.65 Å². The summed E-state index contributed by atoms with van der Waals surface area (Å²) < 4.78 is 5.32. The van der Waals surface area contributed by atoms with Crippen molar-refractivity contribution >= 4 is 27.3 Å². The molecule has 0 saturated carbocycles. The molecule has 1 atom stereocenters. The Balaban J connectivity index is 1.87. The summed E-state index contributed by atoms with van der Waals surface area (Å²) in [5.74, 6) is 0.492. The lowest BCUT2D eigenvalue weighted by Crippen LogP contribution is -2.60. The van der Waals surface area contributed by atoms with Gasteiger partial charge in [0.15, 0.2) is 5.69 Å². The first-order valence-electron chi connectivity index (χ1n) is 14.7. The fourth-order valence-corrected chi connectivity index (χ4v) is 7.86. The highest BCUT2D eigenvalue weighted by molar-refractivity contribution is 6.13. The van der Waals surface area contributed by atoms with Crippen molar-refractivity contribution in [1.82, 2.24) is 4.40 Å². The van der Waals surface area contributed by atoms with E-state index in [1.54, 1.807) is 0 Å². The third kappa shape index (κ3) is 3.42. The molecule has 2 aromatic heterocycles. The monoisotopic (exact) mass is 503 g/mol. The van der Waals surface area contributed by atoms with Crippen LogP contribution >= 0.6 is 0 Å². The minimum atomic E-state index is 0.0655. The van der Waals surface area contributed by atoms with E-state index in [4.69, 9.17) is 0 Å². The van der Waals surface area contributed by atoms with E-state index >= 15 is 0 Å². The van der Waals surface area contributed by atoms with E-state index < -0.39 is 0 Å². The fraction of sp³-hybridized carbons (Fsp3) is 0.417. The van der Waals surface area contributed by atoms with Gasteiger partial charge >= 0.3 is 0 Å². The zero-order valence-corrected chi connectivity index (χ0v) is 24.6. The number of aryl methyl sites for hydroxylation is 2. The molecule has 0 amide bonds. The summed E-state index contributed by atoms with van der Waals surface area (Å²) in [4.78, 5) is 0. The lowest BCUT2D eigenvalue weighted by molar-refractivity contribution is -0.747. The van der Waals surface area contributed by atoms with Gasteiger partial charge in [0, 0.05) is 22.3 Å². The molecule has 0 N–H and O–H groups in total. The summed E-state index contributed by atoms with van der Waals surface area (Å²) >= 11 is 0. The van der Waals surface area contributed by atoms with Gasteiger partial charge in [-0.05, 0) is 79.3 Å². The highest BCUT2D eigenvalue weighted by atomic mass is 15.2. The molecule has 3 aromatic carbocycles. The third-order valence-corrected chi connectivity index (χ3v) is 9.45. The molecule has 0 fully saturated rings. The maximum Gasteiger partial charge on any atom is 0.296 e. The van der Waals surface area contributed by atoms with Crippen molar-refractivity contribution in [2.75, 3.05) is 0 Å². The number of hydrogen-bond acceptors (Lipinski definition) is 0. The first kappa shape index (κ1) is 25.2. The van der Waals surface area contributed by atoms with Crippen LogP contribution in [-0.2, 0) is 12.0 Å². The normalized spacial score (nSPS) is 16.8. The number of pyridine rings is 1. The van der Waals surface area contributed by atoms with Crippen LogP contribution in [0.15, 0.2) is 60.8 Å². The molecular weight excluding hydrogens is 460 g/mol. The Morgan fingerprint density at radius 2 is 1.55 bits per heavy atom. The topological polar surface area (TPSA) is 8.29 Å². The first-order valence-corrected chi connectivity index (χ1v) is 14.7. The van der Waals surface area contributed by atoms with E-state index in [0.717, 1.165) is 25.7 Å². The Labute approximate surface area is 228 Å². The number of fused-ring (bicyclic) bond motifs is 3. The van der Waals surface area contributed by atoms with Crippen molar-refractivity contribution in [2.24, 2.45) is 5.41 Å². The Morgan fingerprint density at radius 1 is 0.868 bits per heavy atom. The molecule has 6 rings (SSSR count). The largest absolute Gasteiger partial charge is 0.296 e. The van der Waals surface area contributed by atoms with Gasteiger partial charge in [0.2, 0.25) is 0 Å². The van der Waals surface area contributed by atoms with Crippen LogP contribution in [0.3, 0.4) is 0 Å². The average molecular weight is 504 g/mol. The van der Waals surface area contributed by atoms with E-state index in [1.165, 1.54) is 60.8 Å². The van der Waals surface area contributed by atoms with E-state index in [0.29, 0.717) is 5.92 Å². The molecular formula is C36H43N2+. The molecule has 0 spiro atoms. The van der Waals surface area contributed by atoms with Crippen molar-refractivity contribution in [3.63, 3.8) is 0 Å². The summed E-state index contributed by atoms with van der Waals surface area (Å²) in [6, 6.07) is 21.1. The van der Waals surface area contributed by atoms with Crippen LogP contribution in [-0.4, -0.2) is 4.40 Å². The van der Waals surface area contributed by atoms with Crippen molar-refractivity contribution < 1.29 is 4.57 Å². The van der Waals surface area contributed by atoms with Gasteiger partial charge in [-0.3, -0.25) is 0 Å². The van der Waals surface area contributed by atoms with Gasteiger partial charge in [-0.25, -0.2) is 4.57 Å². The van der Waals surface area contributed by atoms with Crippen LogP contribution in [0.4, 0.5) is 0 Å². The number of nitrogens with zero attached hydrogens (tertiary/aromatic N) is 2. The number of aromatic nitrogens is 2. The molecule has 2 nitrogen and oxygen atoms in total. The van der Waals surface area contributed by atoms with E-state index in [1.807, 2.05) is 0 Å². The van der Waals surface area contributed by atoms with E-state index in [9.17, 15) is 0 Å². The first-order chi connectivity index (χ1) is 18.1. The van der Waals surface area contributed by atoms with Gasteiger partial charge in [0.1, 0.15) is 17.3 Å². The maximum absolute atomic E-state index is 2.71. The van der Waals surface area contributed by atoms with Crippen molar-refractivity contribution in [3.8, 4) is 11.3 Å². The van der Waals surface area contributed by atoms with Gasteiger partial charge in [-0.2, -0.15) is 4.40 Å². The molecule has 5 aromatic rings. The van der Waals surface area contributed by atoms with E-state index in [-0.39, 0.29) is 11.0 Å². The summed E-state index contributed by atoms with van der Waals surface area (Å²) in [6.45, 7) is 18.7. The number of hydrogen-bond donors (Lipinski definition) is 0. The molecule has 38 heavy (non-hydrogen) atoms. The molecule has 2 heteroatoms. The quantitative estimate of drug-likeness (QED) is 0.167. The minimum absolute atomic E-state index is 0.0655. The predicted octanol–water partition coefficient (Wildman–Crippen LogP) is 9.43. The Morgan fingerprint density at radius 3 is 2.18 bits per heavy atom. The van der Waals surface area contributed by atoms with Gasteiger partial charge in [-0.1, -0.05) is 84.0 Å². The maximum atomic E-state index is 2.71. The van der Waals surface area contributed by atoms with Crippen LogP contribution in [0, 0.1) is 19.3 Å². The Bertz CT molecular complexity index is 1690. The SMILES string of the molecule is CCC1c2cccc3c4cc(CC(C)(C)C)ccc4n4c(-c5c(C)cccc5C)c[n+](c4c23)C1(CC)CC. The number of benzene rings is 3. The van der Waals surface area contributed by atoms with Crippen molar-refractivity contribution in [1.29, 1.82) is 0 Å². The summed E-state index contributed by atoms with van der Waals surface area (Å²) in [7, 11) is 0. The number of imidazole rings is 1. The van der Waals surface area contributed by atoms with E-state index in [2.05, 4.69) is 125 Å². The highest BCUT2D eigenvalue weighted by Crippen LogP contribution is 2.49. The fourth-order valence-electron chi connectivity index (χ4n) is 7.86. The molecule has 1 aliphatic rings. The second kappa shape index (κ2) is 8.70. The summed E-state index contributed by atoms with van der Waals surface area (Å²) in [5.41, 5.74) is 11.3. The lowest BCUT2D eigenvalue weighted by atomic mass is 9.71. The smallest absolute Gasteiger partial charge is 0.223 e. The minimum Gasteiger partial charge on any atom is -0.223 e. The number of rotatable bonds is 5. The third-order valence-electron chi connectivity index (χ3n) is 9.45. The molecule has 3 heterocycles. The second-order valence-corrected chi connectivity index (χ2v) is 12.9. The molecule has 196 valence electrons. The summed E-state index contributed by atoms with van der Waals surface area (Å²) in [6.07, 6.45) is 6.97. The average Bonchev–Trinajstić information content (AvgIpc) is 3.27. The van der Waals surface area contributed by atoms with Crippen LogP contribution in [0.25, 0.3) is 38.6 Å². The molecule has 1 unspecified atom stereocenters. The molecule has 0 radical (unpaired) electrons. The molecule has 1 aliphatic heterocycles. The Hall–Kier alpha value is -3.13. The van der Waals surface area contributed by atoms with Crippen LogP contribution < -0.4 is 4.57 Å². The van der Waals surface area contributed by atoms with Crippen molar-refractivity contribution in [3.05, 3.63) is 83.0 Å². The Kier molecular flexibility index (Phi) is 5.76. The molecule has 0 saturated heterocycles. The highest BCUT2D eigenvalue weighted by Gasteiger charge is 2.49. The standard InChI is InChI=1S/C36H43N2/c1-9-29-27-17-13-16-26-28-20-25(21-35(6,7)8)18-19-30(28)38-31(32-23(4)14-12-15-24(32)5)22-37(34(38)33(26)27)36(29,10-2)11-3/h12-20,22,29H,9-11,21H2,1-8H3/q+1. The van der Waals surface area contributed by atoms with Crippen LogP contribution in [0.2, 0.25) is 0 Å². The lowest BCUT2D eigenvalue weighted by Gasteiger charge is -2.40. The predicted molar refractivity (Wildman–Crippen MR) is 162 cm³/mol. The molecule has 0 bridgehead atoms. The summed E-state index contributed by atoms with van der Waals surface area (Å²) in [5, 5.41) is 4.23. The zero-order valence-electron chi connectivity index (χ0n) is 24.6. The van der Waals surface area contributed by atoms with Gasteiger partial charge in [0.05, 0.1) is 5.39 Å².